The summed E-state index contributed by atoms with van der Waals surface area (Å²) in [7, 11) is -11.9. The van der Waals surface area contributed by atoms with Crippen molar-refractivity contribution in [1.29, 1.82) is 0 Å². The van der Waals surface area contributed by atoms with Gasteiger partial charge in [-0.2, -0.15) is 42.1 Å². The van der Waals surface area contributed by atoms with E-state index in [2.05, 4.69) is 90.2 Å². The first kappa shape index (κ1) is 109. The summed E-state index contributed by atoms with van der Waals surface area (Å²) in [5, 5.41) is 0. The first-order valence-electron chi connectivity index (χ1n) is 44.6. The Bertz CT molecular complexity index is 3760. The van der Waals surface area contributed by atoms with Gasteiger partial charge in [0.2, 0.25) is 0 Å². The molecule has 0 saturated heterocycles. The van der Waals surface area contributed by atoms with Gasteiger partial charge in [0.15, 0.2) is 0 Å². The number of unbranched alkanes of at least 4 members (excludes halogenated alkanes) is 35. The Balaban J connectivity index is 0.000000720. The fourth-order valence-corrected chi connectivity index (χ4v) is 17.4. The Morgan fingerprint density at radius 3 is 0.391 bits per heavy atom. The largest absolute Gasteiger partial charge is 0.296 e. The molecule has 15 nitrogen and oxygen atoms in total. The number of rotatable bonds is 60. The second-order valence-corrected chi connectivity index (χ2v) is 40.3. The van der Waals surface area contributed by atoms with E-state index in [1.165, 1.54) is 320 Å². The first-order valence-corrected chi connectivity index (χ1v) is 51.6. The Morgan fingerprint density at radius 2 is 0.287 bits per heavy atom. The molecule has 5 aromatic carbocycles. The summed E-state index contributed by atoms with van der Waals surface area (Å²) in [6, 6.07) is 35.4. The second-order valence-electron chi connectivity index (χ2n) is 31.8. The predicted octanol–water partition coefficient (Wildman–Crippen LogP) is 28.3. The zero-order valence-corrected chi connectivity index (χ0v) is 78.5. The van der Waals surface area contributed by atoms with Crippen molar-refractivity contribution in [2.75, 3.05) is 35.5 Å². The fraction of sp³-hybridized carbons (Fsp3) is 0.684. The maximum atomic E-state index is 11.6. The van der Waals surface area contributed by atoms with E-state index >= 15 is 0 Å². The minimum atomic E-state index is -3.58. The lowest BCUT2D eigenvalue weighted by molar-refractivity contribution is 0.396. The van der Waals surface area contributed by atoms with E-state index in [9.17, 15) is 42.1 Å². The monoisotopic (exact) mass is 1700 g/mol. The number of hydrogen-bond acceptors (Lipinski definition) is 15. The van der Waals surface area contributed by atoms with Crippen molar-refractivity contribution < 1.29 is 63.0 Å². The van der Waals surface area contributed by atoms with Crippen molar-refractivity contribution in [2.24, 2.45) is 0 Å². The average molecular weight is 1700 g/mol. The fourth-order valence-electron chi connectivity index (χ4n) is 14.1. The Morgan fingerprint density at radius 1 is 0.183 bits per heavy atom. The van der Waals surface area contributed by atoms with Crippen LogP contribution in [0.5, 0.6) is 0 Å². The minimum absolute atomic E-state index is 0.223. The van der Waals surface area contributed by atoms with Crippen molar-refractivity contribution in [3.63, 3.8) is 0 Å². The van der Waals surface area contributed by atoms with E-state index in [0.29, 0.717) is 29.6 Å². The van der Waals surface area contributed by atoms with E-state index in [-0.39, 0.29) is 24.5 Å². The van der Waals surface area contributed by atoms with E-state index in [1.807, 2.05) is 60.7 Å². The van der Waals surface area contributed by atoms with Crippen LogP contribution in [-0.2, 0) is 71.5 Å². The molecule has 0 aromatic heterocycles. The molecule has 0 spiro atoms. The average Bonchev–Trinajstić information content (AvgIpc) is 0.867. The summed E-state index contributed by atoms with van der Waals surface area (Å²) in [6.45, 7) is 22.3. The smallest absolute Gasteiger partial charge is 0.270 e. The standard InChI is InChI=1S/C21H36O3S.C20H34O3S.C19H32O3S.C18H30O3S.C17H28O3S/c1-4-5-6-7-8-9-10-11-12-13-14-19(2)20-15-17-21(18-16-20)25(22,23)24-3;1-4-5-6-7-8-9-10-11-12-13-18(2)19-14-16-20(17-15-19)24(21,22)23-3;1-4-5-6-7-8-9-10-11-12-17(2)18-13-15-19(16-14-18)23(20,21)22-3;1-4-5-6-7-8-9-10-11-16(2)17-12-14-18(15-13-17)22(19,20)21-3;1-4-5-6-7-8-9-10-15(2)16-11-13-17(14-12-16)21(18,19)20-3/h15-19H,4-14H2,1-3H3;14-18H,4-13H2,1-3H3;13-17H,4-12H2,1-3H3;12-16H,4-11H2,1-3H3;11-15H,4-10H2,1-3H3. The molecule has 115 heavy (non-hydrogen) atoms. The van der Waals surface area contributed by atoms with Crippen molar-refractivity contribution in [3.8, 4) is 0 Å². The highest BCUT2D eigenvalue weighted by Gasteiger charge is 2.19. The molecular weight excluding hydrogens is 1540 g/mol. The normalized spacial score (nSPS) is 13.2. The summed E-state index contributed by atoms with van der Waals surface area (Å²) >= 11 is 0. The molecule has 5 unspecified atom stereocenters. The third-order valence-electron chi connectivity index (χ3n) is 22.2. The van der Waals surface area contributed by atoms with E-state index in [1.54, 1.807) is 60.7 Å². The van der Waals surface area contributed by atoms with Crippen LogP contribution in [0.25, 0.3) is 0 Å². The molecule has 0 aliphatic heterocycles. The van der Waals surface area contributed by atoms with Gasteiger partial charge in [-0.05, 0) is 150 Å². The molecule has 5 rings (SSSR count). The van der Waals surface area contributed by atoms with Crippen LogP contribution in [0.15, 0.2) is 146 Å². The first-order chi connectivity index (χ1) is 55.0. The van der Waals surface area contributed by atoms with Gasteiger partial charge in [0.05, 0.1) is 60.0 Å². The summed E-state index contributed by atoms with van der Waals surface area (Å²) in [5.74, 6) is 2.34. The molecule has 0 amide bonds. The molecule has 0 bridgehead atoms. The van der Waals surface area contributed by atoms with Crippen LogP contribution in [-0.4, -0.2) is 77.6 Å². The summed E-state index contributed by atoms with van der Waals surface area (Å²) < 4.78 is 139. The molecule has 0 heterocycles. The number of hydrogen-bond donors (Lipinski definition) is 0. The van der Waals surface area contributed by atoms with Crippen LogP contribution in [0.1, 0.15) is 416 Å². The third kappa shape index (κ3) is 49.2. The van der Waals surface area contributed by atoms with Crippen LogP contribution in [0.2, 0.25) is 0 Å². The van der Waals surface area contributed by atoms with Gasteiger partial charge in [0.25, 0.3) is 50.6 Å². The molecule has 660 valence electrons. The van der Waals surface area contributed by atoms with E-state index in [4.69, 9.17) is 0 Å². The van der Waals surface area contributed by atoms with Crippen molar-refractivity contribution in [3.05, 3.63) is 149 Å². The summed E-state index contributed by atoms with van der Waals surface area (Å²) in [5.41, 5.74) is 5.98. The van der Waals surface area contributed by atoms with Gasteiger partial charge in [0.1, 0.15) is 0 Å². The van der Waals surface area contributed by atoms with Crippen LogP contribution >= 0.6 is 0 Å². The van der Waals surface area contributed by atoms with Crippen LogP contribution in [0.3, 0.4) is 0 Å². The van der Waals surface area contributed by atoms with Gasteiger partial charge < -0.3 is 0 Å². The lowest BCUT2D eigenvalue weighted by Crippen LogP contribution is -2.03. The topological polar surface area (TPSA) is 217 Å². The molecule has 5 aromatic rings. The molecule has 5 atom stereocenters. The zero-order chi connectivity index (χ0) is 85.7. The maximum absolute atomic E-state index is 11.6. The van der Waals surface area contributed by atoms with Crippen LogP contribution in [0.4, 0.5) is 0 Å². The summed E-state index contributed by atoms with van der Waals surface area (Å²) in [6.07, 6.45) is 59.1. The molecule has 0 N–H and O–H groups in total. The molecule has 20 heteroatoms. The van der Waals surface area contributed by atoms with Gasteiger partial charge >= 0.3 is 0 Å². The Kier molecular flexibility index (Phi) is 61.8. The molecular formula is C95H160O15S5. The lowest BCUT2D eigenvalue weighted by atomic mass is 9.94. The van der Waals surface area contributed by atoms with Crippen molar-refractivity contribution in [2.45, 2.75) is 412 Å². The molecule has 0 saturated carbocycles. The SMILES string of the molecule is CCCCCCCCC(C)c1ccc(S(=O)(=O)OC)cc1.CCCCCCCCCC(C)c1ccc(S(=O)(=O)OC)cc1.CCCCCCCCCCC(C)c1ccc(S(=O)(=O)OC)cc1.CCCCCCCCCCCC(C)c1ccc(S(=O)(=O)OC)cc1.CCCCCCCCCCCCC(C)c1ccc(S(=O)(=O)OC)cc1. The minimum Gasteiger partial charge on any atom is -0.270 e. The van der Waals surface area contributed by atoms with E-state index < -0.39 is 50.6 Å². The molecule has 0 aliphatic carbocycles. The number of benzene rings is 5. The van der Waals surface area contributed by atoms with Crippen LogP contribution in [0, 0.1) is 0 Å². The Hall–Kier alpha value is -4.35. The molecule has 0 radical (unpaired) electrons. The molecule has 0 fully saturated rings. The van der Waals surface area contributed by atoms with Crippen molar-refractivity contribution >= 4 is 50.6 Å². The highest BCUT2D eigenvalue weighted by atomic mass is 32.2. The van der Waals surface area contributed by atoms with Gasteiger partial charge in [-0.1, -0.05) is 387 Å². The Labute approximate surface area is 705 Å². The van der Waals surface area contributed by atoms with Gasteiger partial charge in [-0.25, -0.2) is 0 Å². The maximum Gasteiger partial charge on any atom is 0.296 e. The zero-order valence-electron chi connectivity index (χ0n) is 74.4. The van der Waals surface area contributed by atoms with Crippen molar-refractivity contribution in [1.82, 2.24) is 0 Å². The van der Waals surface area contributed by atoms with Gasteiger partial charge in [-0.15, -0.1) is 0 Å². The van der Waals surface area contributed by atoms with E-state index in [0.717, 1.165) is 32.1 Å². The second kappa shape index (κ2) is 65.4. The van der Waals surface area contributed by atoms with Gasteiger partial charge in [-0.3, -0.25) is 20.9 Å². The van der Waals surface area contributed by atoms with Gasteiger partial charge in [0, 0.05) is 0 Å². The third-order valence-corrected chi connectivity index (χ3v) is 28.7. The lowest BCUT2D eigenvalue weighted by Gasteiger charge is -2.12. The summed E-state index contributed by atoms with van der Waals surface area (Å²) in [4.78, 5) is 1.12. The predicted molar refractivity (Wildman–Crippen MR) is 481 cm³/mol. The highest BCUT2D eigenvalue weighted by molar-refractivity contribution is 7.87. The van der Waals surface area contributed by atoms with Crippen LogP contribution < -0.4 is 0 Å². The quantitative estimate of drug-likeness (QED) is 0.0261. The molecule has 0 aliphatic rings. The highest BCUT2D eigenvalue weighted by Crippen LogP contribution is 2.31.